The fourth-order valence-corrected chi connectivity index (χ4v) is 0.939. The second kappa shape index (κ2) is 4.88. The highest BCUT2D eigenvalue weighted by atomic mass is 19.1. The van der Waals surface area contributed by atoms with Gasteiger partial charge in [0.2, 0.25) is 0 Å². The number of halogens is 2. The zero-order valence-electron chi connectivity index (χ0n) is 7.50. The van der Waals surface area contributed by atoms with Gasteiger partial charge < -0.3 is 16.2 Å². The molecular formula is C9H12F2N2O. The van der Waals surface area contributed by atoms with E-state index in [4.69, 9.17) is 10.8 Å². The number of nitrogens with two attached hydrogens (primary N) is 1. The van der Waals surface area contributed by atoms with Crippen LogP contribution in [0.3, 0.4) is 0 Å². The molecule has 0 aromatic heterocycles. The molecule has 0 radical (unpaired) electrons. The van der Waals surface area contributed by atoms with Gasteiger partial charge in [-0.1, -0.05) is 0 Å². The standard InChI is InChI=1S/C9H12F2N2O/c10-6-1-2-8(11)9(3-6)13-4-7(12)5-14/h1-3,7,13-14H,4-5,12H2. The molecule has 5 heteroatoms. The molecule has 0 bridgehead atoms. The van der Waals surface area contributed by atoms with E-state index in [0.717, 1.165) is 18.2 Å². The number of anilines is 1. The van der Waals surface area contributed by atoms with Crippen molar-refractivity contribution in [2.45, 2.75) is 6.04 Å². The molecule has 3 nitrogen and oxygen atoms in total. The van der Waals surface area contributed by atoms with Crippen LogP contribution in [-0.2, 0) is 0 Å². The summed E-state index contributed by atoms with van der Waals surface area (Å²) in [6, 6.07) is 2.62. The van der Waals surface area contributed by atoms with E-state index in [0.29, 0.717) is 0 Å². The third-order valence-electron chi connectivity index (χ3n) is 1.72. The SMILES string of the molecule is NC(CO)CNc1cc(F)ccc1F. The lowest BCUT2D eigenvalue weighted by atomic mass is 10.2. The first-order valence-corrected chi connectivity index (χ1v) is 4.19. The number of rotatable bonds is 4. The highest BCUT2D eigenvalue weighted by molar-refractivity contribution is 5.44. The molecular weight excluding hydrogens is 190 g/mol. The molecule has 0 aliphatic carbocycles. The van der Waals surface area contributed by atoms with Gasteiger partial charge in [-0.2, -0.15) is 0 Å². The minimum Gasteiger partial charge on any atom is -0.395 e. The minimum atomic E-state index is -0.545. The second-order valence-electron chi connectivity index (χ2n) is 2.95. The van der Waals surface area contributed by atoms with E-state index in [1.54, 1.807) is 0 Å². The van der Waals surface area contributed by atoms with Crippen LogP contribution < -0.4 is 11.1 Å². The first-order valence-electron chi connectivity index (χ1n) is 4.19. The van der Waals surface area contributed by atoms with E-state index in [-0.39, 0.29) is 18.8 Å². The van der Waals surface area contributed by atoms with Crippen LogP contribution in [0.15, 0.2) is 18.2 Å². The maximum absolute atomic E-state index is 13.0. The fourth-order valence-electron chi connectivity index (χ4n) is 0.939. The fraction of sp³-hybridized carbons (Fsp3) is 0.333. The summed E-state index contributed by atoms with van der Waals surface area (Å²) < 4.78 is 25.7. The topological polar surface area (TPSA) is 58.3 Å². The molecule has 0 amide bonds. The van der Waals surface area contributed by atoms with Gasteiger partial charge in [0.05, 0.1) is 12.3 Å². The van der Waals surface area contributed by atoms with E-state index in [9.17, 15) is 8.78 Å². The molecule has 4 N–H and O–H groups in total. The second-order valence-corrected chi connectivity index (χ2v) is 2.95. The highest BCUT2D eigenvalue weighted by Crippen LogP contribution is 2.14. The van der Waals surface area contributed by atoms with E-state index in [1.807, 2.05) is 0 Å². The lowest BCUT2D eigenvalue weighted by Gasteiger charge is -2.11. The summed E-state index contributed by atoms with van der Waals surface area (Å²) in [6.45, 7) is -0.0131. The summed E-state index contributed by atoms with van der Waals surface area (Å²) >= 11 is 0. The van der Waals surface area contributed by atoms with Crippen molar-refractivity contribution in [3.8, 4) is 0 Å². The predicted molar refractivity (Wildman–Crippen MR) is 49.9 cm³/mol. The van der Waals surface area contributed by atoms with Crippen LogP contribution in [-0.4, -0.2) is 24.3 Å². The normalized spacial score (nSPS) is 12.6. The van der Waals surface area contributed by atoms with Crippen LogP contribution in [0.1, 0.15) is 0 Å². The molecule has 1 aromatic carbocycles. The smallest absolute Gasteiger partial charge is 0.146 e. The summed E-state index contributed by atoms with van der Waals surface area (Å²) in [5.41, 5.74) is 5.43. The van der Waals surface area contributed by atoms with Crippen LogP contribution >= 0.6 is 0 Å². The lowest BCUT2D eigenvalue weighted by Crippen LogP contribution is -2.32. The molecule has 0 spiro atoms. The Morgan fingerprint density at radius 1 is 1.43 bits per heavy atom. The first kappa shape index (κ1) is 10.9. The van der Waals surface area contributed by atoms with Gasteiger partial charge in [0.25, 0.3) is 0 Å². The lowest BCUT2D eigenvalue weighted by molar-refractivity contribution is 0.270. The third kappa shape index (κ3) is 2.93. The van der Waals surface area contributed by atoms with Gasteiger partial charge in [0.1, 0.15) is 11.6 Å². The van der Waals surface area contributed by atoms with Gasteiger partial charge in [-0.25, -0.2) is 8.78 Å². The number of hydrogen-bond acceptors (Lipinski definition) is 3. The van der Waals surface area contributed by atoms with E-state index in [1.165, 1.54) is 0 Å². The van der Waals surface area contributed by atoms with Gasteiger partial charge in [-0.15, -0.1) is 0 Å². The number of nitrogens with one attached hydrogen (secondary N) is 1. The number of aliphatic hydroxyl groups is 1. The zero-order chi connectivity index (χ0) is 10.6. The van der Waals surface area contributed by atoms with Gasteiger partial charge in [-0.05, 0) is 18.2 Å². The molecule has 78 valence electrons. The highest BCUT2D eigenvalue weighted by Gasteiger charge is 2.05. The Labute approximate surface area is 80.5 Å². The average molecular weight is 202 g/mol. The van der Waals surface area contributed by atoms with E-state index in [2.05, 4.69) is 5.32 Å². The van der Waals surface area contributed by atoms with Crippen molar-refractivity contribution in [3.63, 3.8) is 0 Å². The molecule has 0 aliphatic rings. The quantitative estimate of drug-likeness (QED) is 0.673. The van der Waals surface area contributed by atoms with Crippen molar-refractivity contribution in [2.75, 3.05) is 18.5 Å². The molecule has 0 saturated carbocycles. The molecule has 1 atom stereocenters. The van der Waals surface area contributed by atoms with Crippen LogP contribution in [0, 0.1) is 11.6 Å². The Balaban J connectivity index is 2.62. The largest absolute Gasteiger partial charge is 0.395 e. The maximum atomic E-state index is 13.0. The Morgan fingerprint density at radius 3 is 2.79 bits per heavy atom. The van der Waals surface area contributed by atoms with E-state index < -0.39 is 17.7 Å². The summed E-state index contributed by atoms with van der Waals surface area (Å²) in [7, 11) is 0. The molecule has 1 aromatic rings. The van der Waals surface area contributed by atoms with Gasteiger partial charge in [0, 0.05) is 12.6 Å². The van der Waals surface area contributed by atoms with Gasteiger partial charge in [0.15, 0.2) is 0 Å². The maximum Gasteiger partial charge on any atom is 0.146 e. The molecule has 0 heterocycles. The van der Waals surface area contributed by atoms with Crippen molar-refractivity contribution in [3.05, 3.63) is 29.8 Å². The minimum absolute atomic E-state index is 0.0499. The van der Waals surface area contributed by atoms with Crippen molar-refractivity contribution in [2.24, 2.45) is 5.73 Å². The predicted octanol–water partition coefficient (Wildman–Crippen LogP) is 0.696. The van der Waals surface area contributed by atoms with Crippen molar-refractivity contribution < 1.29 is 13.9 Å². The number of benzene rings is 1. The van der Waals surface area contributed by atoms with Crippen LogP contribution in [0.2, 0.25) is 0 Å². The zero-order valence-corrected chi connectivity index (χ0v) is 7.50. The van der Waals surface area contributed by atoms with Crippen LogP contribution in [0.5, 0.6) is 0 Å². The number of hydrogen-bond donors (Lipinski definition) is 3. The van der Waals surface area contributed by atoms with Crippen LogP contribution in [0.4, 0.5) is 14.5 Å². The first-order chi connectivity index (χ1) is 6.63. The molecule has 0 fully saturated rings. The molecule has 0 aliphatic heterocycles. The Bertz CT molecular complexity index is 307. The Morgan fingerprint density at radius 2 is 2.14 bits per heavy atom. The van der Waals surface area contributed by atoms with Gasteiger partial charge in [-0.3, -0.25) is 0 Å². The summed E-state index contributed by atoms with van der Waals surface area (Å²) in [5, 5.41) is 11.2. The Hall–Kier alpha value is -1.20. The van der Waals surface area contributed by atoms with Crippen LogP contribution in [0.25, 0.3) is 0 Å². The summed E-state index contributed by atoms with van der Waals surface area (Å²) in [4.78, 5) is 0. The monoisotopic (exact) mass is 202 g/mol. The van der Waals surface area contributed by atoms with E-state index >= 15 is 0 Å². The van der Waals surface area contributed by atoms with Crippen molar-refractivity contribution in [1.82, 2.24) is 0 Å². The van der Waals surface area contributed by atoms with Crippen molar-refractivity contribution >= 4 is 5.69 Å². The third-order valence-corrected chi connectivity index (χ3v) is 1.72. The molecule has 1 unspecified atom stereocenters. The molecule has 0 saturated heterocycles. The van der Waals surface area contributed by atoms with Crippen molar-refractivity contribution in [1.29, 1.82) is 0 Å². The van der Waals surface area contributed by atoms with Gasteiger partial charge >= 0.3 is 0 Å². The average Bonchev–Trinajstić information content (AvgIpc) is 2.19. The molecule has 1 rings (SSSR count). The Kier molecular flexibility index (Phi) is 3.79. The summed E-state index contributed by atoms with van der Waals surface area (Å²) in [6.07, 6.45) is 0. The molecule has 14 heavy (non-hydrogen) atoms. The summed E-state index contributed by atoms with van der Waals surface area (Å²) in [5.74, 6) is -1.07. The number of aliphatic hydroxyl groups excluding tert-OH is 1.